The first-order valence-electron chi connectivity index (χ1n) is 6.25. The third-order valence-corrected chi connectivity index (χ3v) is 3.30. The Morgan fingerprint density at radius 2 is 1.86 bits per heavy atom. The van der Waals surface area contributed by atoms with Crippen molar-refractivity contribution in [1.29, 1.82) is 0 Å². The van der Waals surface area contributed by atoms with Gasteiger partial charge in [0.05, 0.1) is 0 Å². The van der Waals surface area contributed by atoms with Gasteiger partial charge in [-0.15, -0.1) is 0 Å². The van der Waals surface area contributed by atoms with Crippen LogP contribution in [0.2, 0.25) is 5.02 Å². The molecule has 1 amide bonds. The van der Waals surface area contributed by atoms with Crippen LogP contribution in [-0.4, -0.2) is 28.0 Å². The van der Waals surface area contributed by atoms with E-state index in [0.29, 0.717) is 16.1 Å². The molecule has 0 bridgehead atoms. The van der Waals surface area contributed by atoms with Gasteiger partial charge in [-0.05, 0) is 23.8 Å². The fraction of sp³-hybridized carbons (Fsp3) is 0.133. The maximum atomic E-state index is 12.0. The molecule has 0 saturated heterocycles. The number of halogens is 1. The number of carbonyl (C=O) groups excluding carboxylic acids is 1. The van der Waals surface area contributed by atoms with E-state index in [9.17, 15) is 14.7 Å². The summed E-state index contributed by atoms with van der Waals surface area (Å²) in [5.74, 6) is -1.57. The number of carbonyl (C=O) groups is 2. The van der Waals surface area contributed by atoms with E-state index in [4.69, 9.17) is 11.6 Å². The van der Waals surface area contributed by atoms with E-state index >= 15 is 0 Å². The van der Waals surface area contributed by atoms with E-state index in [2.05, 4.69) is 10.3 Å². The Balaban J connectivity index is 2.12. The summed E-state index contributed by atoms with van der Waals surface area (Å²) >= 11 is 6.01. The Hall–Kier alpha value is -2.40. The molecule has 0 radical (unpaired) electrons. The quantitative estimate of drug-likeness (QED) is 0.887. The van der Waals surface area contributed by atoms with Crippen LogP contribution >= 0.6 is 11.6 Å². The molecule has 1 atom stereocenters. The Morgan fingerprint density at radius 1 is 1.19 bits per heavy atom. The number of nitrogens with one attached hydrogen (secondary N) is 1. The average molecular weight is 305 g/mol. The zero-order chi connectivity index (χ0) is 15.2. The van der Waals surface area contributed by atoms with Crippen LogP contribution in [0.1, 0.15) is 15.9 Å². The van der Waals surface area contributed by atoms with Crippen molar-refractivity contribution < 1.29 is 14.7 Å². The number of hydrogen-bond donors (Lipinski definition) is 2. The molecule has 2 rings (SSSR count). The summed E-state index contributed by atoms with van der Waals surface area (Å²) < 4.78 is 0. The van der Waals surface area contributed by atoms with Crippen molar-refractivity contribution >= 4 is 23.5 Å². The largest absolute Gasteiger partial charge is 0.480 e. The van der Waals surface area contributed by atoms with Crippen LogP contribution in [-0.2, 0) is 11.2 Å². The standard InChI is InChI=1S/C15H13ClN2O3/c16-12-4-2-1-3-11(12)9-13(15(20)21)18-14(19)10-5-7-17-8-6-10/h1-8,13H,9H2,(H,18,19)(H,20,21)/t13-/m0/s1. The van der Waals surface area contributed by atoms with Gasteiger partial charge in [-0.1, -0.05) is 29.8 Å². The Kier molecular flexibility index (Phi) is 4.90. The molecule has 0 spiro atoms. The van der Waals surface area contributed by atoms with Crippen molar-refractivity contribution in [2.24, 2.45) is 0 Å². The smallest absolute Gasteiger partial charge is 0.326 e. The number of amides is 1. The highest BCUT2D eigenvalue weighted by molar-refractivity contribution is 6.31. The number of aromatic nitrogens is 1. The molecule has 0 fully saturated rings. The minimum atomic E-state index is -1.11. The number of benzene rings is 1. The molecule has 21 heavy (non-hydrogen) atoms. The van der Waals surface area contributed by atoms with Gasteiger partial charge >= 0.3 is 5.97 Å². The van der Waals surface area contributed by atoms with Crippen LogP contribution in [0, 0.1) is 0 Å². The van der Waals surface area contributed by atoms with Gasteiger partial charge in [-0.2, -0.15) is 0 Å². The molecular formula is C15H13ClN2O3. The average Bonchev–Trinajstić information content (AvgIpc) is 2.49. The number of pyridine rings is 1. The minimum absolute atomic E-state index is 0.117. The maximum Gasteiger partial charge on any atom is 0.326 e. The number of carboxylic acid groups (broad SMARTS) is 1. The summed E-state index contributed by atoms with van der Waals surface area (Å²) in [7, 11) is 0. The number of nitrogens with zero attached hydrogens (tertiary/aromatic N) is 1. The van der Waals surface area contributed by atoms with Crippen molar-refractivity contribution in [2.75, 3.05) is 0 Å². The Labute approximate surface area is 126 Å². The second kappa shape index (κ2) is 6.85. The normalized spacial score (nSPS) is 11.7. The highest BCUT2D eigenvalue weighted by Gasteiger charge is 2.21. The van der Waals surface area contributed by atoms with Gasteiger partial charge in [0.25, 0.3) is 5.91 Å². The number of aliphatic carboxylic acids is 1. The second-order valence-corrected chi connectivity index (χ2v) is 4.80. The fourth-order valence-electron chi connectivity index (χ4n) is 1.83. The van der Waals surface area contributed by atoms with Crippen molar-refractivity contribution in [3.8, 4) is 0 Å². The van der Waals surface area contributed by atoms with Gasteiger partial charge in [-0.25, -0.2) is 4.79 Å². The molecule has 0 aliphatic rings. The van der Waals surface area contributed by atoms with Gasteiger partial charge in [-0.3, -0.25) is 9.78 Å². The molecule has 0 saturated carbocycles. The van der Waals surface area contributed by atoms with Gasteiger partial charge in [0.1, 0.15) is 6.04 Å². The van der Waals surface area contributed by atoms with Crippen LogP contribution in [0.15, 0.2) is 48.8 Å². The summed E-state index contributed by atoms with van der Waals surface area (Å²) in [6.07, 6.45) is 3.06. The van der Waals surface area contributed by atoms with Gasteiger partial charge in [0, 0.05) is 29.4 Å². The van der Waals surface area contributed by atoms with Crippen LogP contribution in [0.5, 0.6) is 0 Å². The third-order valence-electron chi connectivity index (χ3n) is 2.93. The number of carboxylic acids is 1. The summed E-state index contributed by atoms with van der Waals surface area (Å²) in [6, 6.07) is 8.93. The van der Waals surface area contributed by atoms with Gasteiger partial charge < -0.3 is 10.4 Å². The molecule has 0 unspecified atom stereocenters. The molecule has 1 aromatic carbocycles. The van der Waals surface area contributed by atoms with Crippen LogP contribution in [0.3, 0.4) is 0 Å². The molecule has 0 aliphatic heterocycles. The van der Waals surface area contributed by atoms with Crippen LogP contribution < -0.4 is 5.32 Å². The summed E-state index contributed by atoms with van der Waals surface area (Å²) in [6.45, 7) is 0. The SMILES string of the molecule is O=C(N[C@@H](Cc1ccccc1Cl)C(=O)O)c1ccncc1. The fourth-order valence-corrected chi connectivity index (χ4v) is 2.04. The summed E-state index contributed by atoms with van der Waals surface area (Å²) in [5, 5.41) is 12.2. The topological polar surface area (TPSA) is 79.3 Å². The van der Waals surface area contributed by atoms with Crippen molar-refractivity contribution in [2.45, 2.75) is 12.5 Å². The van der Waals surface area contributed by atoms with E-state index in [0.717, 1.165) is 0 Å². The zero-order valence-corrected chi connectivity index (χ0v) is 11.7. The predicted octanol–water partition coefficient (Wildman–Crippen LogP) is 2.16. The maximum absolute atomic E-state index is 12.0. The molecule has 1 heterocycles. The van der Waals surface area contributed by atoms with E-state index in [1.165, 1.54) is 24.5 Å². The van der Waals surface area contributed by atoms with Crippen molar-refractivity contribution in [1.82, 2.24) is 10.3 Å². The molecule has 108 valence electrons. The minimum Gasteiger partial charge on any atom is -0.480 e. The zero-order valence-electron chi connectivity index (χ0n) is 11.0. The first-order valence-corrected chi connectivity index (χ1v) is 6.63. The van der Waals surface area contributed by atoms with Crippen LogP contribution in [0.25, 0.3) is 0 Å². The highest BCUT2D eigenvalue weighted by Crippen LogP contribution is 2.17. The second-order valence-electron chi connectivity index (χ2n) is 4.40. The Bertz CT molecular complexity index is 646. The Morgan fingerprint density at radius 3 is 2.48 bits per heavy atom. The summed E-state index contributed by atoms with van der Waals surface area (Å²) in [5.41, 5.74) is 1.03. The van der Waals surface area contributed by atoms with Crippen molar-refractivity contribution in [3.05, 3.63) is 64.9 Å². The predicted molar refractivity (Wildman–Crippen MR) is 78.3 cm³/mol. The van der Waals surface area contributed by atoms with E-state index in [1.54, 1.807) is 24.3 Å². The molecule has 1 aromatic heterocycles. The third kappa shape index (κ3) is 4.03. The van der Waals surface area contributed by atoms with E-state index < -0.39 is 17.9 Å². The lowest BCUT2D eigenvalue weighted by Gasteiger charge is -2.15. The lowest BCUT2D eigenvalue weighted by Crippen LogP contribution is -2.42. The molecule has 6 heteroatoms. The summed E-state index contributed by atoms with van der Waals surface area (Å²) in [4.78, 5) is 27.1. The van der Waals surface area contributed by atoms with E-state index in [-0.39, 0.29) is 6.42 Å². The monoisotopic (exact) mass is 304 g/mol. The van der Waals surface area contributed by atoms with Crippen LogP contribution in [0.4, 0.5) is 0 Å². The number of hydrogen-bond acceptors (Lipinski definition) is 3. The van der Waals surface area contributed by atoms with E-state index in [1.807, 2.05) is 0 Å². The van der Waals surface area contributed by atoms with Crippen molar-refractivity contribution in [3.63, 3.8) is 0 Å². The first kappa shape index (κ1) is 15.0. The highest BCUT2D eigenvalue weighted by atomic mass is 35.5. The molecular weight excluding hydrogens is 292 g/mol. The molecule has 2 aromatic rings. The van der Waals surface area contributed by atoms with Gasteiger partial charge in [0.15, 0.2) is 0 Å². The molecule has 5 nitrogen and oxygen atoms in total. The first-order chi connectivity index (χ1) is 10.1. The lowest BCUT2D eigenvalue weighted by molar-refractivity contribution is -0.139. The number of rotatable bonds is 5. The van der Waals surface area contributed by atoms with Gasteiger partial charge in [0.2, 0.25) is 0 Å². The molecule has 2 N–H and O–H groups in total. The lowest BCUT2D eigenvalue weighted by atomic mass is 10.1. The molecule has 0 aliphatic carbocycles.